The van der Waals surface area contributed by atoms with E-state index in [0.29, 0.717) is 24.6 Å². The Hall–Kier alpha value is -3.28. The van der Waals surface area contributed by atoms with Gasteiger partial charge in [0.15, 0.2) is 11.5 Å². The van der Waals surface area contributed by atoms with Crippen LogP contribution in [-0.2, 0) is 17.9 Å². The summed E-state index contributed by atoms with van der Waals surface area (Å²) in [5, 5.41) is 7.22. The quantitative estimate of drug-likeness (QED) is 0.757. The molecule has 1 amide bonds. The molecule has 0 fully saturated rings. The standard InChI is InChI=1S/C21H21N3O3/c1-15-20(27-19-10-5-4-9-18(19)26-15)21(25)22-13-16-7-2-3-8-17(16)14-24-12-6-11-23-24/h2-12,15,20H,13-14H2,1H3,(H,22,25)/t15-,20+/m1/s1. The maximum atomic E-state index is 12.7. The predicted octanol–water partition coefficient (Wildman–Crippen LogP) is 2.78. The molecule has 2 heterocycles. The van der Waals surface area contributed by atoms with Crippen molar-refractivity contribution in [3.8, 4) is 11.5 Å². The molecule has 1 aliphatic heterocycles. The van der Waals surface area contributed by atoms with Crippen molar-refractivity contribution < 1.29 is 14.3 Å². The summed E-state index contributed by atoms with van der Waals surface area (Å²) in [7, 11) is 0. The molecule has 0 saturated heterocycles. The molecule has 1 aliphatic rings. The Kier molecular flexibility index (Phi) is 4.78. The number of aromatic nitrogens is 2. The zero-order valence-corrected chi connectivity index (χ0v) is 15.0. The molecule has 3 aromatic rings. The van der Waals surface area contributed by atoms with Crippen molar-refractivity contribution in [1.82, 2.24) is 15.1 Å². The Labute approximate surface area is 157 Å². The topological polar surface area (TPSA) is 65.4 Å². The monoisotopic (exact) mass is 363 g/mol. The highest BCUT2D eigenvalue weighted by atomic mass is 16.6. The molecule has 4 rings (SSSR count). The Morgan fingerprint density at radius 1 is 1.04 bits per heavy atom. The summed E-state index contributed by atoms with van der Waals surface area (Å²) in [5.74, 6) is 1.07. The molecule has 1 N–H and O–H groups in total. The fourth-order valence-corrected chi connectivity index (χ4v) is 3.14. The van der Waals surface area contributed by atoms with Gasteiger partial charge in [0.25, 0.3) is 5.91 Å². The lowest BCUT2D eigenvalue weighted by Crippen LogP contribution is -2.48. The number of nitrogens with one attached hydrogen (secondary N) is 1. The zero-order chi connectivity index (χ0) is 18.6. The van der Waals surface area contributed by atoms with Crippen LogP contribution in [-0.4, -0.2) is 27.9 Å². The minimum atomic E-state index is -0.682. The van der Waals surface area contributed by atoms with Crippen LogP contribution < -0.4 is 14.8 Å². The molecule has 27 heavy (non-hydrogen) atoms. The summed E-state index contributed by atoms with van der Waals surface area (Å²) >= 11 is 0. The second-order valence-corrected chi connectivity index (χ2v) is 6.50. The first kappa shape index (κ1) is 17.1. The number of carbonyl (C=O) groups is 1. The zero-order valence-electron chi connectivity index (χ0n) is 15.0. The number of ether oxygens (including phenoxy) is 2. The van der Waals surface area contributed by atoms with Crippen molar-refractivity contribution in [3.63, 3.8) is 0 Å². The molecule has 1 aromatic heterocycles. The molecule has 0 bridgehead atoms. The second kappa shape index (κ2) is 7.53. The minimum Gasteiger partial charge on any atom is -0.482 e. The smallest absolute Gasteiger partial charge is 0.265 e. The van der Waals surface area contributed by atoms with E-state index in [4.69, 9.17) is 9.47 Å². The van der Waals surface area contributed by atoms with Gasteiger partial charge in [-0.15, -0.1) is 0 Å². The molecular weight excluding hydrogens is 342 g/mol. The molecule has 0 radical (unpaired) electrons. The lowest BCUT2D eigenvalue weighted by molar-refractivity contribution is -0.133. The molecule has 0 saturated carbocycles. The first-order valence-electron chi connectivity index (χ1n) is 8.95. The summed E-state index contributed by atoms with van der Waals surface area (Å²) in [6.07, 6.45) is 2.63. The van der Waals surface area contributed by atoms with Gasteiger partial charge in [0.2, 0.25) is 6.10 Å². The number of hydrogen-bond acceptors (Lipinski definition) is 4. The van der Waals surface area contributed by atoms with Crippen LogP contribution >= 0.6 is 0 Å². The van der Waals surface area contributed by atoms with E-state index in [1.54, 1.807) is 12.3 Å². The Morgan fingerprint density at radius 3 is 2.48 bits per heavy atom. The highest BCUT2D eigenvalue weighted by molar-refractivity contribution is 5.82. The molecule has 6 nitrogen and oxygen atoms in total. The van der Waals surface area contributed by atoms with Crippen LogP contribution in [0.25, 0.3) is 0 Å². The Balaban J connectivity index is 1.43. The summed E-state index contributed by atoms with van der Waals surface area (Å²) in [6.45, 7) is 2.92. The van der Waals surface area contributed by atoms with Crippen molar-refractivity contribution in [2.45, 2.75) is 32.2 Å². The van der Waals surface area contributed by atoms with E-state index in [9.17, 15) is 4.79 Å². The van der Waals surface area contributed by atoms with Gasteiger partial charge < -0.3 is 14.8 Å². The third-order valence-corrected chi connectivity index (χ3v) is 4.56. The van der Waals surface area contributed by atoms with Gasteiger partial charge in [-0.2, -0.15) is 5.10 Å². The first-order chi connectivity index (χ1) is 13.2. The Morgan fingerprint density at radius 2 is 1.74 bits per heavy atom. The minimum absolute atomic E-state index is 0.189. The van der Waals surface area contributed by atoms with E-state index in [2.05, 4.69) is 10.4 Å². The van der Waals surface area contributed by atoms with Gasteiger partial charge in [-0.25, -0.2) is 0 Å². The van der Waals surface area contributed by atoms with Crippen molar-refractivity contribution in [2.75, 3.05) is 0 Å². The van der Waals surface area contributed by atoms with E-state index in [0.717, 1.165) is 11.1 Å². The number of hydrogen-bond donors (Lipinski definition) is 1. The number of rotatable bonds is 5. The lowest BCUT2D eigenvalue weighted by atomic mass is 10.1. The highest BCUT2D eigenvalue weighted by Gasteiger charge is 2.33. The molecule has 2 atom stereocenters. The number of para-hydroxylation sites is 2. The Bertz CT molecular complexity index is 924. The van der Waals surface area contributed by atoms with Gasteiger partial charge in [-0.05, 0) is 36.2 Å². The molecule has 2 aromatic carbocycles. The number of nitrogens with zero attached hydrogens (tertiary/aromatic N) is 2. The lowest BCUT2D eigenvalue weighted by Gasteiger charge is -2.31. The van der Waals surface area contributed by atoms with E-state index in [1.807, 2.05) is 66.3 Å². The van der Waals surface area contributed by atoms with Crippen LogP contribution in [0.15, 0.2) is 67.0 Å². The van der Waals surface area contributed by atoms with Crippen molar-refractivity contribution >= 4 is 5.91 Å². The average Bonchev–Trinajstić information content (AvgIpc) is 3.19. The van der Waals surface area contributed by atoms with Gasteiger partial charge in [0.05, 0.1) is 6.54 Å². The molecular formula is C21H21N3O3. The van der Waals surface area contributed by atoms with Crippen LogP contribution in [0.1, 0.15) is 18.1 Å². The van der Waals surface area contributed by atoms with Gasteiger partial charge in [0.1, 0.15) is 6.10 Å². The normalized spacial score (nSPS) is 18.1. The summed E-state index contributed by atoms with van der Waals surface area (Å²) in [6, 6.07) is 17.3. The van der Waals surface area contributed by atoms with Crippen LogP contribution in [0.4, 0.5) is 0 Å². The first-order valence-corrected chi connectivity index (χ1v) is 8.95. The molecule has 0 spiro atoms. The number of benzene rings is 2. The molecule has 6 heteroatoms. The maximum Gasteiger partial charge on any atom is 0.265 e. The van der Waals surface area contributed by atoms with Gasteiger partial charge in [-0.3, -0.25) is 9.48 Å². The number of fused-ring (bicyclic) bond motifs is 1. The largest absolute Gasteiger partial charge is 0.482 e. The van der Waals surface area contributed by atoms with Gasteiger partial charge in [0, 0.05) is 18.9 Å². The van der Waals surface area contributed by atoms with Crippen LogP contribution in [0.5, 0.6) is 11.5 Å². The van der Waals surface area contributed by atoms with Crippen LogP contribution in [0.2, 0.25) is 0 Å². The second-order valence-electron chi connectivity index (χ2n) is 6.50. The van der Waals surface area contributed by atoms with Crippen molar-refractivity contribution in [3.05, 3.63) is 78.1 Å². The fraction of sp³-hybridized carbons (Fsp3) is 0.238. The maximum absolute atomic E-state index is 12.7. The van der Waals surface area contributed by atoms with Crippen molar-refractivity contribution in [1.29, 1.82) is 0 Å². The third-order valence-electron chi connectivity index (χ3n) is 4.56. The summed E-state index contributed by atoms with van der Waals surface area (Å²) < 4.78 is 13.5. The summed E-state index contributed by atoms with van der Waals surface area (Å²) in [4.78, 5) is 12.7. The average molecular weight is 363 g/mol. The molecule has 138 valence electrons. The molecule has 0 unspecified atom stereocenters. The van der Waals surface area contributed by atoms with E-state index in [-0.39, 0.29) is 12.0 Å². The van der Waals surface area contributed by atoms with Gasteiger partial charge >= 0.3 is 0 Å². The van der Waals surface area contributed by atoms with E-state index < -0.39 is 6.10 Å². The molecule has 0 aliphatic carbocycles. The third kappa shape index (κ3) is 3.79. The SMILES string of the molecule is C[C@H]1Oc2ccccc2O[C@@H]1C(=O)NCc1ccccc1Cn1cccn1. The van der Waals surface area contributed by atoms with E-state index in [1.165, 1.54) is 0 Å². The van der Waals surface area contributed by atoms with Crippen molar-refractivity contribution in [2.24, 2.45) is 0 Å². The summed E-state index contributed by atoms with van der Waals surface area (Å²) in [5.41, 5.74) is 2.16. The van der Waals surface area contributed by atoms with Crippen LogP contribution in [0, 0.1) is 0 Å². The predicted molar refractivity (Wildman–Crippen MR) is 101 cm³/mol. The van der Waals surface area contributed by atoms with Crippen LogP contribution in [0.3, 0.4) is 0 Å². The highest BCUT2D eigenvalue weighted by Crippen LogP contribution is 2.33. The fourth-order valence-electron chi connectivity index (χ4n) is 3.14. The number of amides is 1. The number of carbonyl (C=O) groups excluding carboxylic acids is 1. The van der Waals surface area contributed by atoms with Gasteiger partial charge in [-0.1, -0.05) is 36.4 Å². The van der Waals surface area contributed by atoms with E-state index >= 15 is 0 Å².